The second-order valence-corrected chi connectivity index (χ2v) is 5.95. The molecule has 21 heavy (non-hydrogen) atoms. The third-order valence-electron chi connectivity index (χ3n) is 4.26. The van der Waals surface area contributed by atoms with Gasteiger partial charge >= 0.3 is 0 Å². The molecule has 0 aromatic heterocycles. The van der Waals surface area contributed by atoms with Gasteiger partial charge in [0.15, 0.2) is 0 Å². The Kier molecular flexibility index (Phi) is 6.52. The summed E-state index contributed by atoms with van der Waals surface area (Å²) in [6.45, 7) is 6.32. The Morgan fingerprint density at radius 3 is 2.90 bits per heavy atom. The van der Waals surface area contributed by atoms with Crippen molar-refractivity contribution in [1.29, 1.82) is 0 Å². The lowest BCUT2D eigenvalue weighted by Gasteiger charge is -2.21. The summed E-state index contributed by atoms with van der Waals surface area (Å²) in [6.07, 6.45) is 6.35. The highest BCUT2D eigenvalue weighted by atomic mass is 16.5. The monoisotopic (exact) mass is 291 g/mol. The molecule has 1 N–H and O–H groups in total. The highest BCUT2D eigenvalue weighted by Crippen LogP contribution is 2.27. The summed E-state index contributed by atoms with van der Waals surface area (Å²) in [5.41, 5.74) is 2.56. The van der Waals surface area contributed by atoms with Gasteiger partial charge in [-0.1, -0.05) is 19.1 Å². The van der Waals surface area contributed by atoms with Gasteiger partial charge in [0.05, 0.1) is 13.2 Å². The Morgan fingerprint density at radius 2 is 2.29 bits per heavy atom. The third kappa shape index (κ3) is 4.72. The molecule has 1 fully saturated rings. The van der Waals surface area contributed by atoms with Gasteiger partial charge in [0.25, 0.3) is 0 Å². The zero-order chi connectivity index (χ0) is 15.1. The maximum Gasteiger partial charge on any atom is 0.121 e. The molecule has 2 unspecified atom stereocenters. The predicted octanol–water partition coefficient (Wildman–Crippen LogP) is 4.00. The summed E-state index contributed by atoms with van der Waals surface area (Å²) in [6, 6.07) is 6.94. The van der Waals surface area contributed by atoms with E-state index < -0.39 is 0 Å². The second-order valence-electron chi connectivity index (χ2n) is 5.95. The smallest absolute Gasteiger partial charge is 0.121 e. The quantitative estimate of drug-likeness (QED) is 0.785. The molecular weight excluding hydrogens is 262 g/mol. The van der Waals surface area contributed by atoms with Gasteiger partial charge < -0.3 is 14.8 Å². The van der Waals surface area contributed by atoms with E-state index in [1.54, 1.807) is 7.11 Å². The van der Waals surface area contributed by atoms with E-state index in [4.69, 9.17) is 9.47 Å². The zero-order valence-corrected chi connectivity index (χ0v) is 13.7. The lowest BCUT2D eigenvalue weighted by molar-refractivity contribution is 0.0996. The van der Waals surface area contributed by atoms with Crippen LogP contribution in [0.2, 0.25) is 0 Å². The van der Waals surface area contributed by atoms with Crippen LogP contribution in [0.25, 0.3) is 0 Å². The Hall–Kier alpha value is -1.06. The Bertz CT molecular complexity index is 427. The van der Waals surface area contributed by atoms with Crippen LogP contribution in [0.1, 0.15) is 56.2 Å². The lowest BCUT2D eigenvalue weighted by Crippen LogP contribution is -2.23. The van der Waals surface area contributed by atoms with Crippen molar-refractivity contribution in [3.63, 3.8) is 0 Å². The molecule has 0 saturated carbocycles. The van der Waals surface area contributed by atoms with Crippen molar-refractivity contribution in [2.45, 2.75) is 58.1 Å². The SMILES string of the molecule is CCCNC(CCC1CCCO1)c1ccc(OC)c(C)c1. The van der Waals surface area contributed by atoms with E-state index >= 15 is 0 Å². The van der Waals surface area contributed by atoms with Gasteiger partial charge in [-0.05, 0) is 62.8 Å². The molecular formula is C18H29NO2. The molecule has 0 spiro atoms. The maximum absolute atomic E-state index is 5.76. The first-order valence-electron chi connectivity index (χ1n) is 8.24. The Labute approximate surface area is 129 Å². The summed E-state index contributed by atoms with van der Waals surface area (Å²) in [5, 5.41) is 3.68. The fraction of sp³-hybridized carbons (Fsp3) is 0.667. The van der Waals surface area contributed by atoms with Crippen LogP contribution < -0.4 is 10.1 Å². The van der Waals surface area contributed by atoms with Crippen molar-refractivity contribution >= 4 is 0 Å². The van der Waals surface area contributed by atoms with Gasteiger partial charge in [-0.3, -0.25) is 0 Å². The summed E-state index contributed by atoms with van der Waals surface area (Å²) in [7, 11) is 1.73. The topological polar surface area (TPSA) is 30.5 Å². The fourth-order valence-electron chi connectivity index (χ4n) is 3.05. The van der Waals surface area contributed by atoms with Crippen LogP contribution >= 0.6 is 0 Å². The van der Waals surface area contributed by atoms with Gasteiger partial charge in [0, 0.05) is 12.6 Å². The summed E-state index contributed by atoms with van der Waals surface area (Å²) < 4.78 is 11.1. The van der Waals surface area contributed by atoms with Gasteiger partial charge in [0.1, 0.15) is 5.75 Å². The van der Waals surface area contributed by atoms with Crippen LogP contribution in [-0.4, -0.2) is 26.4 Å². The number of ether oxygens (including phenoxy) is 2. The summed E-state index contributed by atoms with van der Waals surface area (Å²) in [4.78, 5) is 0. The maximum atomic E-state index is 5.76. The molecule has 3 heteroatoms. The van der Waals surface area contributed by atoms with Crippen LogP contribution in [-0.2, 0) is 4.74 Å². The summed E-state index contributed by atoms with van der Waals surface area (Å²) in [5.74, 6) is 0.965. The highest BCUT2D eigenvalue weighted by molar-refractivity contribution is 5.37. The molecule has 1 aromatic rings. The number of rotatable bonds is 8. The summed E-state index contributed by atoms with van der Waals surface area (Å²) >= 11 is 0. The minimum atomic E-state index is 0.416. The number of hydrogen-bond donors (Lipinski definition) is 1. The number of nitrogens with one attached hydrogen (secondary N) is 1. The van der Waals surface area contributed by atoms with Crippen molar-refractivity contribution in [2.75, 3.05) is 20.3 Å². The fourth-order valence-corrected chi connectivity index (χ4v) is 3.05. The molecule has 1 aromatic carbocycles. The van der Waals surface area contributed by atoms with Crippen LogP contribution in [0.5, 0.6) is 5.75 Å². The van der Waals surface area contributed by atoms with Gasteiger partial charge in [0.2, 0.25) is 0 Å². The van der Waals surface area contributed by atoms with E-state index in [-0.39, 0.29) is 0 Å². The van der Waals surface area contributed by atoms with Crippen molar-refractivity contribution in [1.82, 2.24) is 5.32 Å². The van der Waals surface area contributed by atoms with E-state index in [2.05, 4.69) is 37.4 Å². The van der Waals surface area contributed by atoms with Crippen molar-refractivity contribution < 1.29 is 9.47 Å². The number of hydrogen-bond acceptors (Lipinski definition) is 3. The van der Waals surface area contributed by atoms with Crippen LogP contribution in [0.3, 0.4) is 0 Å². The molecule has 1 saturated heterocycles. The van der Waals surface area contributed by atoms with E-state index in [9.17, 15) is 0 Å². The molecule has 0 bridgehead atoms. The largest absolute Gasteiger partial charge is 0.496 e. The highest BCUT2D eigenvalue weighted by Gasteiger charge is 2.19. The molecule has 0 aliphatic carbocycles. The first-order valence-corrected chi connectivity index (χ1v) is 8.24. The molecule has 1 aliphatic heterocycles. The normalized spacial score (nSPS) is 19.7. The third-order valence-corrected chi connectivity index (χ3v) is 4.26. The van der Waals surface area contributed by atoms with Crippen molar-refractivity contribution in [3.8, 4) is 5.75 Å². The first-order chi connectivity index (χ1) is 10.2. The van der Waals surface area contributed by atoms with Crippen molar-refractivity contribution in [3.05, 3.63) is 29.3 Å². The number of methoxy groups -OCH3 is 1. The number of benzene rings is 1. The van der Waals surface area contributed by atoms with Crippen molar-refractivity contribution in [2.24, 2.45) is 0 Å². The van der Waals surface area contributed by atoms with E-state index in [0.29, 0.717) is 12.1 Å². The minimum absolute atomic E-state index is 0.416. The molecule has 2 rings (SSSR count). The second kappa shape index (κ2) is 8.40. The first kappa shape index (κ1) is 16.3. The average Bonchev–Trinajstić information content (AvgIpc) is 3.00. The molecule has 3 nitrogen and oxygen atoms in total. The zero-order valence-electron chi connectivity index (χ0n) is 13.7. The molecule has 1 heterocycles. The molecule has 1 aliphatic rings. The van der Waals surface area contributed by atoms with Gasteiger partial charge in [-0.15, -0.1) is 0 Å². The average molecular weight is 291 g/mol. The Morgan fingerprint density at radius 1 is 1.43 bits per heavy atom. The number of aryl methyl sites for hydroxylation is 1. The standard InChI is InChI=1S/C18H29NO2/c1-4-11-19-17(9-8-16-6-5-12-21-16)15-7-10-18(20-3)14(2)13-15/h7,10,13,16-17,19H,4-6,8-9,11-12H2,1-3H3. The lowest BCUT2D eigenvalue weighted by atomic mass is 9.97. The van der Waals surface area contributed by atoms with Crippen LogP contribution in [0, 0.1) is 6.92 Å². The van der Waals surface area contributed by atoms with Crippen LogP contribution in [0.15, 0.2) is 18.2 Å². The molecule has 118 valence electrons. The van der Waals surface area contributed by atoms with E-state index in [1.807, 2.05) is 0 Å². The Balaban J connectivity index is 2.01. The van der Waals surface area contributed by atoms with Crippen LogP contribution in [0.4, 0.5) is 0 Å². The van der Waals surface area contributed by atoms with E-state index in [1.165, 1.54) is 24.0 Å². The van der Waals surface area contributed by atoms with Gasteiger partial charge in [-0.2, -0.15) is 0 Å². The van der Waals surface area contributed by atoms with Gasteiger partial charge in [-0.25, -0.2) is 0 Å². The minimum Gasteiger partial charge on any atom is -0.496 e. The molecule has 2 atom stereocenters. The molecule has 0 amide bonds. The molecule has 0 radical (unpaired) electrons. The van der Waals surface area contributed by atoms with E-state index in [0.717, 1.165) is 38.2 Å². The predicted molar refractivity (Wildman–Crippen MR) is 87.0 cm³/mol.